The Bertz CT molecular complexity index is 1260. The van der Waals surface area contributed by atoms with Crippen LogP contribution < -0.4 is 19.7 Å². The smallest absolute Gasteiger partial charge is 0.282 e. The van der Waals surface area contributed by atoms with Gasteiger partial charge in [0.05, 0.1) is 25.0 Å². The fourth-order valence-electron chi connectivity index (χ4n) is 3.53. The van der Waals surface area contributed by atoms with Crippen LogP contribution >= 0.6 is 0 Å². The van der Waals surface area contributed by atoms with Crippen molar-refractivity contribution in [1.29, 1.82) is 0 Å². The molecular weight excluding hydrogens is 430 g/mol. The predicted octanol–water partition coefficient (Wildman–Crippen LogP) is 4.77. The molecule has 0 spiro atoms. The number of hydrogen-bond donors (Lipinski definition) is 1. The summed E-state index contributed by atoms with van der Waals surface area (Å²) < 4.78 is 38.0. The highest BCUT2D eigenvalue weighted by Crippen LogP contribution is 2.38. The number of ether oxygens (including phenoxy) is 2. The Morgan fingerprint density at radius 3 is 2.30 bits per heavy atom. The summed E-state index contributed by atoms with van der Waals surface area (Å²) >= 11 is 0. The molecule has 168 valence electrons. The Balaban J connectivity index is 1.83. The minimum atomic E-state index is -1.08. The van der Waals surface area contributed by atoms with E-state index in [9.17, 15) is 18.4 Å². The topological polar surface area (TPSA) is 67.9 Å². The van der Waals surface area contributed by atoms with E-state index in [2.05, 4.69) is 5.32 Å². The van der Waals surface area contributed by atoms with Crippen molar-refractivity contribution < 1.29 is 27.8 Å². The maximum atomic E-state index is 13.8. The Morgan fingerprint density at radius 2 is 1.64 bits per heavy atom. The molecule has 1 aliphatic heterocycles. The average Bonchev–Trinajstić information content (AvgIpc) is 3.06. The van der Waals surface area contributed by atoms with Crippen molar-refractivity contribution in [2.24, 2.45) is 0 Å². The zero-order valence-electron chi connectivity index (χ0n) is 17.9. The number of amides is 2. The molecule has 0 bridgehead atoms. The molecule has 0 saturated carbocycles. The van der Waals surface area contributed by atoms with E-state index in [0.29, 0.717) is 23.7 Å². The van der Waals surface area contributed by atoms with Gasteiger partial charge < -0.3 is 14.8 Å². The van der Waals surface area contributed by atoms with E-state index < -0.39 is 23.4 Å². The minimum absolute atomic E-state index is 0.0672. The fourth-order valence-corrected chi connectivity index (χ4v) is 3.53. The normalized spacial score (nSPS) is 13.5. The van der Waals surface area contributed by atoms with Gasteiger partial charge in [0, 0.05) is 11.8 Å². The molecule has 1 aliphatic rings. The van der Waals surface area contributed by atoms with Crippen LogP contribution in [0.15, 0.2) is 72.4 Å². The Hall–Kier alpha value is -4.20. The molecule has 0 aromatic heterocycles. The van der Waals surface area contributed by atoms with Gasteiger partial charge in [-0.3, -0.25) is 9.59 Å². The lowest BCUT2D eigenvalue weighted by Crippen LogP contribution is -2.32. The maximum absolute atomic E-state index is 13.8. The minimum Gasteiger partial charge on any atom is -0.497 e. The van der Waals surface area contributed by atoms with Crippen molar-refractivity contribution in [3.63, 3.8) is 0 Å². The first-order chi connectivity index (χ1) is 15.9. The molecule has 4 rings (SSSR count). The van der Waals surface area contributed by atoms with E-state index in [4.69, 9.17) is 9.47 Å². The summed E-state index contributed by atoms with van der Waals surface area (Å²) in [6.45, 7) is 2.13. The molecular formula is C25H20F2N2O4. The first kappa shape index (κ1) is 22.0. The van der Waals surface area contributed by atoms with Gasteiger partial charge in [-0.15, -0.1) is 0 Å². The van der Waals surface area contributed by atoms with E-state index in [0.717, 1.165) is 17.0 Å². The second-order valence-electron chi connectivity index (χ2n) is 7.08. The van der Waals surface area contributed by atoms with Gasteiger partial charge in [0.15, 0.2) is 11.6 Å². The zero-order valence-corrected chi connectivity index (χ0v) is 17.9. The van der Waals surface area contributed by atoms with Gasteiger partial charge in [0.2, 0.25) is 0 Å². The number of nitrogens with zero attached hydrogens (tertiary/aromatic N) is 1. The van der Waals surface area contributed by atoms with Crippen LogP contribution in [0.25, 0.3) is 5.57 Å². The first-order valence-corrected chi connectivity index (χ1v) is 10.2. The van der Waals surface area contributed by atoms with Crippen molar-refractivity contribution in [3.05, 3.63) is 89.6 Å². The number of anilines is 2. The lowest BCUT2D eigenvalue weighted by Gasteiger charge is -2.19. The third-order valence-corrected chi connectivity index (χ3v) is 5.06. The van der Waals surface area contributed by atoms with Crippen LogP contribution in [-0.2, 0) is 9.59 Å². The summed E-state index contributed by atoms with van der Waals surface area (Å²) in [5.41, 5.74) is 0.871. The summed E-state index contributed by atoms with van der Waals surface area (Å²) in [6.07, 6.45) is 0. The summed E-state index contributed by atoms with van der Waals surface area (Å²) in [5, 5.41) is 2.81. The second-order valence-corrected chi connectivity index (χ2v) is 7.08. The Morgan fingerprint density at radius 1 is 0.909 bits per heavy atom. The number of rotatable bonds is 7. The van der Waals surface area contributed by atoms with Crippen molar-refractivity contribution in [2.45, 2.75) is 6.92 Å². The standard InChI is InChI=1S/C25H20F2N2O4/c1-3-33-21-7-5-4-6-20(21)29-24(30)22(15-8-11-17(32-2)12-9-15)23(25(29)31)28-16-10-13-18(26)19(27)14-16/h4-14,28H,3H2,1-2H3. The molecule has 3 aromatic carbocycles. The summed E-state index contributed by atoms with van der Waals surface area (Å²) in [7, 11) is 1.51. The molecule has 2 amide bonds. The van der Waals surface area contributed by atoms with E-state index in [1.165, 1.54) is 13.2 Å². The molecule has 8 heteroatoms. The van der Waals surface area contributed by atoms with Crippen LogP contribution in [0.5, 0.6) is 11.5 Å². The Kier molecular flexibility index (Phi) is 6.08. The van der Waals surface area contributed by atoms with Gasteiger partial charge in [-0.25, -0.2) is 13.7 Å². The van der Waals surface area contributed by atoms with Crippen molar-refractivity contribution in [3.8, 4) is 11.5 Å². The predicted molar refractivity (Wildman–Crippen MR) is 120 cm³/mol. The van der Waals surface area contributed by atoms with Crippen molar-refractivity contribution in [2.75, 3.05) is 23.9 Å². The number of para-hydroxylation sites is 2. The summed E-state index contributed by atoms with van der Waals surface area (Å²) in [6, 6.07) is 16.4. The molecule has 33 heavy (non-hydrogen) atoms. The zero-order chi connectivity index (χ0) is 23.5. The SMILES string of the molecule is CCOc1ccccc1N1C(=O)C(Nc2ccc(F)c(F)c2)=C(c2ccc(OC)cc2)C1=O. The highest BCUT2D eigenvalue weighted by molar-refractivity contribution is 6.46. The molecule has 0 fully saturated rings. The molecule has 1 heterocycles. The number of benzene rings is 3. The highest BCUT2D eigenvalue weighted by Gasteiger charge is 2.41. The second kappa shape index (κ2) is 9.12. The van der Waals surface area contributed by atoms with Crippen LogP contribution in [0.2, 0.25) is 0 Å². The van der Waals surface area contributed by atoms with Gasteiger partial charge in [-0.05, 0) is 48.9 Å². The van der Waals surface area contributed by atoms with E-state index in [1.54, 1.807) is 55.5 Å². The number of imide groups is 1. The van der Waals surface area contributed by atoms with Crippen LogP contribution in [0.1, 0.15) is 12.5 Å². The maximum Gasteiger partial charge on any atom is 0.282 e. The molecule has 0 atom stereocenters. The molecule has 0 unspecified atom stereocenters. The number of halogens is 2. The lowest BCUT2D eigenvalue weighted by atomic mass is 10.0. The number of hydrogen-bond acceptors (Lipinski definition) is 5. The van der Waals surface area contributed by atoms with Gasteiger partial charge in [-0.2, -0.15) is 0 Å². The Labute approximate surface area is 189 Å². The van der Waals surface area contributed by atoms with Gasteiger partial charge in [0.1, 0.15) is 17.2 Å². The number of methoxy groups -OCH3 is 1. The quantitative estimate of drug-likeness (QED) is 0.526. The van der Waals surface area contributed by atoms with Crippen LogP contribution in [0, 0.1) is 11.6 Å². The molecule has 0 aliphatic carbocycles. The molecule has 3 aromatic rings. The van der Waals surface area contributed by atoms with Gasteiger partial charge in [-0.1, -0.05) is 24.3 Å². The van der Waals surface area contributed by atoms with Gasteiger partial charge in [0.25, 0.3) is 11.8 Å². The third kappa shape index (κ3) is 4.15. The largest absolute Gasteiger partial charge is 0.497 e. The van der Waals surface area contributed by atoms with Crippen LogP contribution in [0.3, 0.4) is 0 Å². The van der Waals surface area contributed by atoms with Crippen LogP contribution in [-0.4, -0.2) is 25.5 Å². The van der Waals surface area contributed by atoms with E-state index >= 15 is 0 Å². The molecule has 0 radical (unpaired) electrons. The number of nitrogens with one attached hydrogen (secondary N) is 1. The van der Waals surface area contributed by atoms with Crippen molar-refractivity contribution >= 4 is 28.8 Å². The lowest BCUT2D eigenvalue weighted by molar-refractivity contribution is -0.120. The molecule has 6 nitrogen and oxygen atoms in total. The van der Waals surface area contributed by atoms with Crippen LogP contribution in [0.4, 0.5) is 20.2 Å². The highest BCUT2D eigenvalue weighted by atomic mass is 19.2. The van der Waals surface area contributed by atoms with Crippen molar-refractivity contribution in [1.82, 2.24) is 0 Å². The average molecular weight is 450 g/mol. The monoisotopic (exact) mass is 450 g/mol. The fraction of sp³-hybridized carbons (Fsp3) is 0.120. The number of carbonyl (C=O) groups is 2. The number of carbonyl (C=O) groups excluding carboxylic acids is 2. The summed E-state index contributed by atoms with van der Waals surface area (Å²) in [4.78, 5) is 28.0. The van der Waals surface area contributed by atoms with E-state index in [-0.39, 0.29) is 22.6 Å². The summed E-state index contributed by atoms with van der Waals surface area (Å²) in [5.74, 6) is -2.40. The first-order valence-electron chi connectivity index (χ1n) is 10.2. The van der Waals surface area contributed by atoms with E-state index in [1.807, 2.05) is 0 Å². The molecule has 0 saturated heterocycles. The molecule has 1 N–H and O–H groups in total. The third-order valence-electron chi connectivity index (χ3n) is 5.06. The van der Waals surface area contributed by atoms with Gasteiger partial charge >= 0.3 is 0 Å².